The largest absolute Gasteiger partial charge is 0.378 e. The first-order valence-electron chi connectivity index (χ1n) is 6.29. The zero-order valence-electron chi connectivity index (χ0n) is 10.8. The lowest BCUT2D eigenvalue weighted by Gasteiger charge is -2.35. The van der Waals surface area contributed by atoms with Crippen LogP contribution in [-0.4, -0.2) is 36.7 Å². The van der Waals surface area contributed by atoms with Crippen LogP contribution >= 0.6 is 0 Å². The van der Waals surface area contributed by atoms with E-state index in [1.807, 2.05) is 6.92 Å². The minimum absolute atomic E-state index is 0.0474. The second-order valence-corrected chi connectivity index (χ2v) is 4.40. The fraction of sp³-hybridized carbons (Fsp3) is 0.538. The van der Waals surface area contributed by atoms with E-state index < -0.39 is 0 Å². The molecule has 98 valence electrons. The van der Waals surface area contributed by atoms with Crippen LogP contribution in [0.15, 0.2) is 18.3 Å². The molecular formula is C13H19N3O2. The summed E-state index contributed by atoms with van der Waals surface area (Å²) in [6, 6.07) is 3.70. The Morgan fingerprint density at radius 1 is 1.56 bits per heavy atom. The van der Waals surface area contributed by atoms with Crippen molar-refractivity contribution < 1.29 is 9.53 Å². The van der Waals surface area contributed by atoms with Crippen molar-refractivity contribution in [1.82, 2.24) is 10.3 Å². The number of nitrogens with zero attached hydrogens (tertiary/aromatic N) is 1. The van der Waals surface area contributed by atoms with Crippen LogP contribution in [0.3, 0.4) is 0 Å². The molecule has 1 saturated carbocycles. The Kier molecular flexibility index (Phi) is 4.15. The maximum Gasteiger partial charge on any atom is 0.251 e. The summed E-state index contributed by atoms with van der Waals surface area (Å²) in [5, 5.41) is 5.91. The molecule has 0 spiro atoms. The first kappa shape index (κ1) is 12.8. The van der Waals surface area contributed by atoms with Gasteiger partial charge in [0.2, 0.25) is 0 Å². The molecule has 0 aromatic carbocycles. The average molecular weight is 249 g/mol. The maximum absolute atomic E-state index is 12.0. The molecule has 2 rings (SSSR count). The summed E-state index contributed by atoms with van der Waals surface area (Å²) in [7, 11) is 1.78. The van der Waals surface area contributed by atoms with E-state index in [-0.39, 0.29) is 11.9 Å². The summed E-state index contributed by atoms with van der Waals surface area (Å²) in [6.07, 6.45) is 3.75. The number of nitrogens with one attached hydrogen (secondary N) is 2. The SMILES string of the molecule is CCOC1CC(NC(=O)c2ccnc(NC)c2)C1. The van der Waals surface area contributed by atoms with Gasteiger partial charge in [-0.3, -0.25) is 4.79 Å². The first-order valence-corrected chi connectivity index (χ1v) is 6.29. The molecule has 1 fully saturated rings. The summed E-state index contributed by atoms with van der Waals surface area (Å²) < 4.78 is 5.46. The molecule has 0 radical (unpaired) electrons. The van der Waals surface area contributed by atoms with Crippen molar-refractivity contribution in [2.24, 2.45) is 0 Å². The van der Waals surface area contributed by atoms with Crippen LogP contribution in [0.5, 0.6) is 0 Å². The molecule has 0 aliphatic heterocycles. The number of amides is 1. The molecule has 1 aliphatic rings. The Balaban J connectivity index is 1.85. The third kappa shape index (κ3) is 2.98. The van der Waals surface area contributed by atoms with Crippen LogP contribution in [0, 0.1) is 0 Å². The van der Waals surface area contributed by atoms with Gasteiger partial charge in [0.1, 0.15) is 5.82 Å². The lowest BCUT2D eigenvalue weighted by atomic mass is 9.89. The Hall–Kier alpha value is -1.62. The van der Waals surface area contributed by atoms with Crippen molar-refractivity contribution in [3.05, 3.63) is 23.9 Å². The van der Waals surface area contributed by atoms with Crippen molar-refractivity contribution >= 4 is 11.7 Å². The van der Waals surface area contributed by atoms with Crippen LogP contribution < -0.4 is 10.6 Å². The van der Waals surface area contributed by atoms with Gasteiger partial charge in [-0.2, -0.15) is 0 Å². The summed E-state index contributed by atoms with van der Waals surface area (Å²) >= 11 is 0. The van der Waals surface area contributed by atoms with Gasteiger partial charge in [0.05, 0.1) is 6.10 Å². The first-order chi connectivity index (χ1) is 8.72. The smallest absolute Gasteiger partial charge is 0.251 e. The van der Waals surface area contributed by atoms with Gasteiger partial charge in [-0.05, 0) is 31.9 Å². The zero-order valence-corrected chi connectivity index (χ0v) is 10.8. The van der Waals surface area contributed by atoms with Crippen molar-refractivity contribution in [1.29, 1.82) is 0 Å². The number of aromatic nitrogens is 1. The van der Waals surface area contributed by atoms with E-state index >= 15 is 0 Å². The molecule has 0 atom stereocenters. The predicted molar refractivity (Wildman–Crippen MR) is 69.7 cm³/mol. The molecule has 0 unspecified atom stereocenters. The van der Waals surface area contributed by atoms with E-state index in [1.165, 1.54) is 0 Å². The predicted octanol–water partition coefficient (Wildman–Crippen LogP) is 1.42. The van der Waals surface area contributed by atoms with E-state index in [1.54, 1.807) is 25.4 Å². The lowest BCUT2D eigenvalue weighted by Crippen LogP contribution is -2.47. The maximum atomic E-state index is 12.0. The normalized spacial score (nSPS) is 22.1. The highest BCUT2D eigenvalue weighted by Gasteiger charge is 2.30. The molecule has 2 N–H and O–H groups in total. The standard InChI is InChI=1S/C13H19N3O2/c1-3-18-11-7-10(8-11)16-13(17)9-4-5-15-12(6-9)14-2/h4-6,10-11H,3,7-8H2,1-2H3,(H,14,15)(H,16,17). The second-order valence-electron chi connectivity index (χ2n) is 4.40. The summed E-state index contributed by atoms with van der Waals surface area (Å²) in [6.45, 7) is 2.73. The minimum Gasteiger partial charge on any atom is -0.378 e. The van der Waals surface area contributed by atoms with E-state index in [4.69, 9.17) is 4.74 Å². The monoisotopic (exact) mass is 249 g/mol. The number of hydrogen-bond donors (Lipinski definition) is 2. The molecule has 1 aromatic heterocycles. The highest BCUT2D eigenvalue weighted by atomic mass is 16.5. The molecule has 1 amide bonds. The molecule has 5 heteroatoms. The van der Waals surface area contributed by atoms with Crippen molar-refractivity contribution in [2.45, 2.75) is 31.9 Å². The molecule has 1 aromatic rings. The average Bonchev–Trinajstić information content (AvgIpc) is 2.36. The number of anilines is 1. The molecule has 18 heavy (non-hydrogen) atoms. The third-order valence-electron chi connectivity index (χ3n) is 3.11. The van der Waals surface area contributed by atoms with E-state index in [9.17, 15) is 4.79 Å². The second kappa shape index (κ2) is 5.82. The van der Waals surface area contributed by atoms with Crippen molar-refractivity contribution in [2.75, 3.05) is 19.0 Å². The molecule has 1 aliphatic carbocycles. The number of rotatable bonds is 5. The zero-order chi connectivity index (χ0) is 13.0. The van der Waals surface area contributed by atoms with Crippen molar-refractivity contribution in [3.8, 4) is 0 Å². The molecule has 0 saturated heterocycles. The molecule has 1 heterocycles. The van der Waals surface area contributed by atoms with Gasteiger partial charge in [0.15, 0.2) is 0 Å². The van der Waals surface area contributed by atoms with Gasteiger partial charge >= 0.3 is 0 Å². The Bertz CT molecular complexity index is 416. The van der Waals surface area contributed by atoms with Crippen LogP contribution in [0.1, 0.15) is 30.1 Å². The van der Waals surface area contributed by atoms with Gasteiger partial charge in [0, 0.05) is 31.5 Å². The van der Waals surface area contributed by atoms with Crippen LogP contribution in [-0.2, 0) is 4.74 Å². The van der Waals surface area contributed by atoms with Gasteiger partial charge in [-0.1, -0.05) is 0 Å². The third-order valence-corrected chi connectivity index (χ3v) is 3.11. The van der Waals surface area contributed by atoms with E-state index in [0.717, 1.165) is 19.4 Å². The number of ether oxygens (including phenoxy) is 1. The lowest BCUT2D eigenvalue weighted by molar-refractivity contribution is -0.00862. The summed E-state index contributed by atoms with van der Waals surface area (Å²) in [4.78, 5) is 16.1. The summed E-state index contributed by atoms with van der Waals surface area (Å²) in [5.74, 6) is 0.650. The number of pyridine rings is 1. The van der Waals surface area contributed by atoms with Crippen molar-refractivity contribution in [3.63, 3.8) is 0 Å². The Morgan fingerprint density at radius 3 is 3.00 bits per heavy atom. The highest BCUT2D eigenvalue weighted by molar-refractivity contribution is 5.95. The molecular weight excluding hydrogens is 230 g/mol. The Morgan fingerprint density at radius 2 is 2.33 bits per heavy atom. The van der Waals surface area contributed by atoms with Gasteiger partial charge in [0.25, 0.3) is 5.91 Å². The topological polar surface area (TPSA) is 63.2 Å². The van der Waals surface area contributed by atoms with Crippen LogP contribution in [0.2, 0.25) is 0 Å². The van der Waals surface area contributed by atoms with Gasteiger partial charge < -0.3 is 15.4 Å². The number of carbonyl (C=O) groups is 1. The van der Waals surface area contributed by atoms with Gasteiger partial charge in [-0.15, -0.1) is 0 Å². The fourth-order valence-electron chi connectivity index (χ4n) is 2.03. The highest BCUT2D eigenvalue weighted by Crippen LogP contribution is 2.23. The Labute approximate surface area is 107 Å². The number of hydrogen-bond acceptors (Lipinski definition) is 4. The van der Waals surface area contributed by atoms with Crippen LogP contribution in [0.25, 0.3) is 0 Å². The fourth-order valence-corrected chi connectivity index (χ4v) is 2.03. The van der Waals surface area contributed by atoms with Gasteiger partial charge in [-0.25, -0.2) is 4.98 Å². The van der Waals surface area contributed by atoms with E-state index in [0.29, 0.717) is 17.5 Å². The minimum atomic E-state index is -0.0474. The summed E-state index contributed by atoms with van der Waals surface area (Å²) in [5.41, 5.74) is 0.634. The van der Waals surface area contributed by atoms with E-state index in [2.05, 4.69) is 15.6 Å². The molecule has 5 nitrogen and oxygen atoms in total. The quantitative estimate of drug-likeness (QED) is 0.828. The van der Waals surface area contributed by atoms with Crippen LogP contribution in [0.4, 0.5) is 5.82 Å². The number of carbonyl (C=O) groups excluding carboxylic acids is 1. The molecule has 0 bridgehead atoms.